The molecule has 3 amide bonds. The van der Waals surface area contributed by atoms with E-state index in [1.807, 2.05) is 117 Å². The topological polar surface area (TPSA) is 214 Å². The summed E-state index contributed by atoms with van der Waals surface area (Å²) in [5.74, 6) is -1.38. The van der Waals surface area contributed by atoms with E-state index in [0.29, 0.717) is 47.5 Å². The SMILES string of the molecule is COc1ccc(C(OC[C@H]2O[C@@H](n3ccc(NC(=O)c4ccccc4)nc3=O)[C@H](OC(=O)NCCCCCCNC(=O)C(F)(F)F)[C@@H]2OP(OCCC#N)N(C(C)C)C(C)C)(c2ccccc2)c2ccc(OC)cc2)cc1. The molecule has 3 N–H and O–H groups in total. The lowest BCUT2D eigenvalue weighted by Crippen LogP contribution is -2.45. The van der Waals surface area contributed by atoms with Crippen LogP contribution >= 0.6 is 8.53 Å². The standard InChI is InChI=1S/C55H65F3N7O11P/c1-37(2)65(38(3)4)77(73-35-17-31-59)76-47-45(36-72-54(40-20-13-10-14-21-40,41-22-26-43(70-5)27-23-41)42-24-28-44(71-6)29-25-42)74-50(64-34-30-46(63-52(64)68)62-49(66)39-18-11-9-12-19-39)48(47)75-53(69)61-33-16-8-7-15-32-60-51(67)55(56,57)58/h9-14,18-30,34,37-38,45,47-48,50H,7-8,15-17,32-33,35-36H2,1-6H3,(H,60,67)(H,61,69)(H,62,63,66,68)/t45-,47-,48-,50-,77?/m1/s1. The van der Waals surface area contributed by atoms with Crippen LogP contribution < -0.4 is 31.1 Å². The van der Waals surface area contributed by atoms with Gasteiger partial charge < -0.3 is 48.7 Å². The summed E-state index contributed by atoms with van der Waals surface area (Å²) in [5.41, 5.74) is 0.187. The molecular weight excluding hydrogens is 1020 g/mol. The van der Waals surface area contributed by atoms with E-state index in [1.54, 1.807) is 44.6 Å². The molecule has 1 saturated heterocycles. The van der Waals surface area contributed by atoms with Gasteiger partial charge in [-0.1, -0.05) is 85.6 Å². The number of benzene rings is 4. The molecule has 1 fully saturated rings. The zero-order valence-electron chi connectivity index (χ0n) is 43.7. The van der Waals surface area contributed by atoms with Crippen LogP contribution in [0.4, 0.5) is 23.8 Å². The fraction of sp³-hybridized carbons (Fsp3) is 0.418. The van der Waals surface area contributed by atoms with Gasteiger partial charge >= 0.3 is 23.9 Å². The van der Waals surface area contributed by atoms with Gasteiger partial charge in [0.1, 0.15) is 35.1 Å². The molecule has 77 heavy (non-hydrogen) atoms. The quantitative estimate of drug-likeness (QED) is 0.0254. The smallest absolute Gasteiger partial charge is 0.471 e. The van der Waals surface area contributed by atoms with E-state index in [-0.39, 0.29) is 57.0 Å². The number of carbonyl (C=O) groups excluding carboxylic acids is 3. The van der Waals surface area contributed by atoms with Crippen molar-refractivity contribution >= 4 is 32.3 Å². The van der Waals surface area contributed by atoms with Gasteiger partial charge in [0, 0.05) is 36.9 Å². The van der Waals surface area contributed by atoms with E-state index in [1.165, 1.54) is 12.3 Å². The molecule has 1 aliphatic rings. The molecule has 0 saturated carbocycles. The number of hydrogen-bond acceptors (Lipinski definition) is 14. The summed E-state index contributed by atoms with van der Waals surface area (Å²) in [7, 11) is 1.05. The lowest BCUT2D eigenvalue weighted by Gasteiger charge is -2.39. The highest BCUT2D eigenvalue weighted by Crippen LogP contribution is 2.51. The number of anilines is 1. The van der Waals surface area contributed by atoms with E-state index in [0.717, 1.165) is 10.1 Å². The number of nitrogens with zero attached hydrogens (tertiary/aromatic N) is 4. The van der Waals surface area contributed by atoms with E-state index in [4.69, 9.17) is 32.7 Å². The number of alkyl carbamates (subject to hydrolysis) is 1. The largest absolute Gasteiger partial charge is 0.497 e. The molecule has 0 aliphatic carbocycles. The number of carbonyl (C=O) groups is 3. The number of nitrogens with one attached hydrogen (secondary N) is 3. The van der Waals surface area contributed by atoms with E-state index < -0.39 is 68.4 Å². The van der Waals surface area contributed by atoms with Gasteiger partial charge in [-0.25, -0.2) is 14.3 Å². The first-order valence-corrected chi connectivity index (χ1v) is 26.3. The van der Waals surface area contributed by atoms with Crippen molar-refractivity contribution in [3.05, 3.63) is 154 Å². The summed E-state index contributed by atoms with van der Waals surface area (Å²) in [5, 5.41) is 16.8. The summed E-state index contributed by atoms with van der Waals surface area (Å²) in [4.78, 5) is 56.9. The number of amides is 3. The van der Waals surface area contributed by atoms with Crippen LogP contribution in [0.2, 0.25) is 0 Å². The van der Waals surface area contributed by atoms with Gasteiger partial charge in [0.15, 0.2) is 12.3 Å². The van der Waals surface area contributed by atoms with Gasteiger partial charge in [-0.3, -0.25) is 14.2 Å². The van der Waals surface area contributed by atoms with Gasteiger partial charge in [-0.05, 0) is 99.7 Å². The first kappa shape index (κ1) is 59.3. The minimum absolute atomic E-state index is 0.0113. The predicted octanol–water partition coefficient (Wildman–Crippen LogP) is 9.41. The minimum Gasteiger partial charge on any atom is -0.497 e. The summed E-state index contributed by atoms with van der Waals surface area (Å²) in [6.45, 7) is 7.47. The maximum Gasteiger partial charge on any atom is 0.471 e. The number of unbranched alkanes of at least 4 members (excludes halogenated alkanes) is 3. The number of alkyl halides is 3. The Morgan fingerprint density at radius 2 is 1.34 bits per heavy atom. The van der Waals surface area contributed by atoms with Crippen LogP contribution in [0.25, 0.3) is 0 Å². The third-order valence-electron chi connectivity index (χ3n) is 12.3. The Labute approximate surface area is 447 Å². The van der Waals surface area contributed by atoms with E-state index >= 15 is 0 Å². The molecule has 1 aromatic heterocycles. The highest BCUT2D eigenvalue weighted by atomic mass is 31.2. The molecule has 4 aromatic carbocycles. The molecule has 5 atom stereocenters. The fourth-order valence-electron chi connectivity index (χ4n) is 8.71. The van der Waals surface area contributed by atoms with Crippen LogP contribution in [0.1, 0.15) is 93.1 Å². The van der Waals surface area contributed by atoms with Gasteiger partial charge in [0.05, 0.1) is 39.9 Å². The first-order chi connectivity index (χ1) is 37.0. The third kappa shape index (κ3) is 15.8. The second kappa shape index (κ2) is 28.5. The molecule has 1 aliphatic heterocycles. The van der Waals surface area contributed by atoms with Crippen molar-refractivity contribution in [1.82, 2.24) is 24.9 Å². The molecule has 5 aromatic rings. The summed E-state index contributed by atoms with van der Waals surface area (Å²) >= 11 is 0. The van der Waals surface area contributed by atoms with Crippen LogP contribution in [0.5, 0.6) is 11.5 Å². The average molecular weight is 1090 g/mol. The van der Waals surface area contributed by atoms with E-state index in [2.05, 4.69) is 21.7 Å². The number of methoxy groups -OCH3 is 2. The summed E-state index contributed by atoms with van der Waals surface area (Å²) in [6, 6.07) is 35.9. The van der Waals surface area contributed by atoms with Gasteiger partial charge in [0.2, 0.25) is 0 Å². The Morgan fingerprint density at radius 1 is 0.779 bits per heavy atom. The molecular formula is C55H65F3N7O11P. The van der Waals surface area contributed by atoms with Crippen molar-refractivity contribution in [1.29, 1.82) is 5.26 Å². The molecule has 22 heteroatoms. The molecule has 18 nitrogen and oxygen atoms in total. The minimum atomic E-state index is -4.98. The molecule has 0 spiro atoms. The van der Waals surface area contributed by atoms with Crippen LogP contribution in [0, 0.1) is 11.3 Å². The lowest BCUT2D eigenvalue weighted by molar-refractivity contribution is -0.173. The second-order valence-electron chi connectivity index (χ2n) is 18.3. The van der Waals surface area contributed by atoms with Crippen LogP contribution in [-0.4, -0.2) is 109 Å². The number of hydrogen-bond donors (Lipinski definition) is 3. The molecule has 2 heterocycles. The normalized spacial score (nSPS) is 16.9. The Bertz CT molecular complexity index is 2710. The number of nitriles is 1. The van der Waals surface area contributed by atoms with Crippen molar-refractivity contribution in [3.63, 3.8) is 0 Å². The zero-order valence-corrected chi connectivity index (χ0v) is 44.6. The van der Waals surface area contributed by atoms with Crippen LogP contribution in [0.15, 0.2) is 126 Å². The predicted molar refractivity (Wildman–Crippen MR) is 281 cm³/mol. The Balaban J connectivity index is 1.42. The van der Waals surface area contributed by atoms with Crippen molar-refractivity contribution in [2.45, 2.75) is 108 Å². The Kier molecular flexibility index (Phi) is 21.9. The Morgan fingerprint density at radius 3 is 1.87 bits per heavy atom. The van der Waals surface area contributed by atoms with Gasteiger partial charge in [-0.2, -0.15) is 23.4 Å². The van der Waals surface area contributed by atoms with Crippen molar-refractivity contribution < 1.29 is 60.3 Å². The summed E-state index contributed by atoms with van der Waals surface area (Å²) in [6.07, 6.45) is -8.20. The Hall–Kier alpha value is -6.92. The fourth-order valence-corrected chi connectivity index (χ4v) is 10.5. The van der Waals surface area contributed by atoms with Crippen LogP contribution in [-0.2, 0) is 33.7 Å². The van der Waals surface area contributed by atoms with Crippen molar-refractivity contribution in [2.24, 2.45) is 0 Å². The number of halogens is 3. The molecule has 1 unspecified atom stereocenters. The first-order valence-electron chi connectivity index (χ1n) is 25.1. The number of aromatic nitrogens is 2. The highest BCUT2D eigenvalue weighted by molar-refractivity contribution is 7.44. The van der Waals surface area contributed by atoms with Gasteiger partial charge in [0.25, 0.3) is 14.4 Å². The molecule has 6 rings (SSSR count). The number of ether oxygens (including phenoxy) is 5. The lowest BCUT2D eigenvalue weighted by atomic mass is 9.80. The maximum absolute atomic E-state index is 14.3. The number of rotatable bonds is 27. The maximum atomic E-state index is 14.3. The highest BCUT2D eigenvalue weighted by Gasteiger charge is 2.53. The van der Waals surface area contributed by atoms with Crippen molar-refractivity contribution in [2.75, 3.05) is 45.8 Å². The average Bonchev–Trinajstić information content (AvgIpc) is 3.75. The molecule has 0 bridgehead atoms. The van der Waals surface area contributed by atoms with Crippen LogP contribution in [0.3, 0.4) is 0 Å². The second-order valence-corrected chi connectivity index (χ2v) is 19.7. The molecule has 412 valence electrons. The third-order valence-corrected chi connectivity index (χ3v) is 14.5. The summed E-state index contributed by atoms with van der Waals surface area (Å²) < 4.78 is 86.2. The van der Waals surface area contributed by atoms with E-state index in [9.17, 15) is 37.6 Å². The van der Waals surface area contributed by atoms with Gasteiger partial charge in [-0.15, -0.1) is 0 Å². The molecule has 0 radical (unpaired) electrons. The van der Waals surface area contributed by atoms with Crippen molar-refractivity contribution in [3.8, 4) is 17.6 Å². The zero-order chi connectivity index (χ0) is 55.5. The monoisotopic (exact) mass is 1090 g/mol.